The molecule has 0 saturated carbocycles. The highest BCUT2D eigenvalue weighted by molar-refractivity contribution is 6.02. The van der Waals surface area contributed by atoms with Gasteiger partial charge in [-0.3, -0.25) is 4.79 Å². The fourth-order valence-electron chi connectivity index (χ4n) is 2.73. The maximum absolute atomic E-state index is 12.2. The van der Waals surface area contributed by atoms with Gasteiger partial charge >= 0.3 is 0 Å². The summed E-state index contributed by atoms with van der Waals surface area (Å²) in [5.74, 6) is -0.143. The summed E-state index contributed by atoms with van der Waals surface area (Å²) in [4.78, 5) is 12.2. The van der Waals surface area contributed by atoms with Crippen molar-refractivity contribution in [2.45, 2.75) is 19.9 Å². The van der Waals surface area contributed by atoms with Crippen LogP contribution in [0.4, 0.5) is 5.69 Å². The Hall–Kier alpha value is -3.34. The number of fused-ring (bicyclic) bond motifs is 1. The molecule has 0 aromatic heterocycles. The number of aromatic hydroxyl groups is 1. The van der Waals surface area contributed by atoms with Gasteiger partial charge in [0.1, 0.15) is 11.8 Å². The molecule has 26 heavy (non-hydrogen) atoms. The molecule has 0 saturated heterocycles. The van der Waals surface area contributed by atoms with E-state index in [-0.39, 0.29) is 11.7 Å². The summed E-state index contributed by atoms with van der Waals surface area (Å²) in [5.41, 5.74) is 5.08. The monoisotopic (exact) mass is 347 g/mol. The van der Waals surface area contributed by atoms with Gasteiger partial charge in [0.15, 0.2) is 0 Å². The Morgan fingerprint density at radius 2 is 1.92 bits per heavy atom. The van der Waals surface area contributed by atoms with E-state index in [0.29, 0.717) is 5.56 Å². The third kappa shape index (κ3) is 4.00. The van der Waals surface area contributed by atoms with E-state index in [9.17, 15) is 9.90 Å². The number of phenolic OH excluding ortho intramolecular Hbond substituents is 1. The van der Waals surface area contributed by atoms with Crippen LogP contribution >= 0.6 is 0 Å². The second-order valence-corrected chi connectivity index (χ2v) is 6.19. The molecule has 0 aliphatic carbocycles. The van der Waals surface area contributed by atoms with E-state index in [1.165, 1.54) is 6.21 Å². The van der Waals surface area contributed by atoms with Gasteiger partial charge in [-0.25, -0.2) is 5.43 Å². The molecule has 3 aromatic rings. The van der Waals surface area contributed by atoms with E-state index in [2.05, 4.69) is 15.8 Å². The molecule has 0 aliphatic heterocycles. The first kappa shape index (κ1) is 17.5. The Balaban J connectivity index is 1.68. The van der Waals surface area contributed by atoms with Crippen LogP contribution < -0.4 is 10.7 Å². The van der Waals surface area contributed by atoms with Gasteiger partial charge in [-0.1, -0.05) is 42.5 Å². The number of phenols is 1. The van der Waals surface area contributed by atoms with Crippen LogP contribution in [0.15, 0.2) is 65.8 Å². The Labute approximate surface area is 152 Å². The number of aryl methyl sites for hydroxylation is 1. The van der Waals surface area contributed by atoms with Crippen molar-refractivity contribution in [2.24, 2.45) is 5.10 Å². The Bertz CT molecular complexity index is 966. The molecule has 0 aliphatic rings. The number of nitrogens with one attached hydrogen (secondary N) is 2. The van der Waals surface area contributed by atoms with E-state index in [1.54, 1.807) is 13.0 Å². The molecule has 0 unspecified atom stereocenters. The minimum Gasteiger partial charge on any atom is -0.507 e. The number of hydrogen-bond donors (Lipinski definition) is 3. The topological polar surface area (TPSA) is 73.7 Å². The van der Waals surface area contributed by atoms with Gasteiger partial charge in [0.05, 0.1) is 6.21 Å². The van der Waals surface area contributed by atoms with Crippen LogP contribution in [0.5, 0.6) is 5.75 Å². The van der Waals surface area contributed by atoms with E-state index in [0.717, 1.165) is 22.0 Å². The molecule has 3 rings (SSSR count). The third-order valence-electron chi connectivity index (χ3n) is 4.11. The van der Waals surface area contributed by atoms with Crippen LogP contribution in [-0.2, 0) is 4.79 Å². The first-order valence-electron chi connectivity index (χ1n) is 8.41. The van der Waals surface area contributed by atoms with Crippen molar-refractivity contribution < 1.29 is 9.90 Å². The molecule has 0 radical (unpaired) electrons. The van der Waals surface area contributed by atoms with Crippen LogP contribution in [0.2, 0.25) is 0 Å². The van der Waals surface area contributed by atoms with Crippen LogP contribution in [0, 0.1) is 6.92 Å². The second kappa shape index (κ2) is 7.70. The molecule has 5 nitrogen and oxygen atoms in total. The highest BCUT2D eigenvalue weighted by atomic mass is 16.3. The molecule has 0 heterocycles. The van der Waals surface area contributed by atoms with Gasteiger partial charge < -0.3 is 10.4 Å². The molecule has 1 amide bonds. The largest absolute Gasteiger partial charge is 0.507 e. The van der Waals surface area contributed by atoms with Crippen LogP contribution in [0.3, 0.4) is 0 Å². The number of carbonyl (C=O) groups is 1. The SMILES string of the molecule is Cc1cccc(N[C@@H](C)C(=O)N/N=C/c2c(O)ccc3ccccc23)c1. The van der Waals surface area contributed by atoms with Gasteiger partial charge in [-0.15, -0.1) is 0 Å². The van der Waals surface area contributed by atoms with Gasteiger partial charge in [-0.2, -0.15) is 5.10 Å². The molecular weight excluding hydrogens is 326 g/mol. The molecule has 5 heteroatoms. The second-order valence-electron chi connectivity index (χ2n) is 6.19. The summed E-state index contributed by atoms with van der Waals surface area (Å²) >= 11 is 0. The first-order chi connectivity index (χ1) is 12.5. The number of nitrogens with zero attached hydrogens (tertiary/aromatic N) is 1. The number of hydrazone groups is 1. The van der Waals surface area contributed by atoms with E-state index in [4.69, 9.17) is 0 Å². The molecule has 132 valence electrons. The average Bonchev–Trinajstić information content (AvgIpc) is 2.63. The number of anilines is 1. The quantitative estimate of drug-likeness (QED) is 0.485. The lowest BCUT2D eigenvalue weighted by atomic mass is 10.0. The van der Waals surface area contributed by atoms with Crippen LogP contribution in [-0.4, -0.2) is 23.3 Å². The van der Waals surface area contributed by atoms with Gasteiger partial charge in [0.25, 0.3) is 5.91 Å². The molecule has 0 fully saturated rings. The summed E-state index contributed by atoms with van der Waals surface area (Å²) in [7, 11) is 0. The lowest BCUT2D eigenvalue weighted by molar-refractivity contribution is -0.121. The fourth-order valence-corrected chi connectivity index (χ4v) is 2.73. The average molecular weight is 347 g/mol. The van der Waals surface area contributed by atoms with Crippen LogP contribution in [0.25, 0.3) is 10.8 Å². The normalized spacial score (nSPS) is 12.2. The smallest absolute Gasteiger partial charge is 0.262 e. The zero-order valence-electron chi connectivity index (χ0n) is 14.7. The van der Waals surface area contributed by atoms with Crippen molar-refractivity contribution in [1.29, 1.82) is 0 Å². The van der Waals surface area contributed by atoms with Crippen molar-refractivity contribution in [3.8, 4) is 5.75 Å². The number of carbonyl (C=O) groups excluding carboxylic acids is 1. The lowest BCUT2D eigenvalue weighted by Gasteiger charge is -2.13. The van der Waals surface area contributed by atoms with Gasteiger partial charge in [0.2, 0.25) is 0 Å². The Morgan fingerprint density at radius 1 is 1.12 bits per heavy atom. The number of amides is 1. The van der Waals surface area contributed by atoms with E-state index in [1.807, 2.05) is 61.5 Å². The van der Waals surface area contributed by atoms with E-state index >= 15 is 0 Å². The summed E-state index contributed by atoms with van der Waals surface area (Å²) < 4.78 is 0. The van der Waals surface area contributed by atoms with E-state index < -0.39 is 6.04 Å². The van der Waals surface area contributed by atoms with Crippen molar-refractivity contribution in [3.05, 3.63) is 71.8 Å². The maximum atomic E-state index is 12.2. The molecule has 3 N–H and O–H groups in total. The summed E-state index contributed by atoms with van der Waals surface area (Å²) in [6.45, 7) is 3.76. The van der Waals surface area contributed by atoms with Crippen LogP contribution in [0.1, 0.15) is 18.1 Å². The summed E-state index contributed by atoms with van der Waals surface area (Å²) in [6.07, 6.45) is 1.47. The predicted molar refractivity (Wildman–Crippen MR) is 106 cm³/mol. The number of rotatable bonds is 5. The predicted octanol–water partition coefficient (Wildman–Crippen LogP) is 3.80. The van der Waals surface area contributed by atoms with Crippen molar-refractivity contribution in [1.82, 2.24) is 5.43 Å². The standard InChI is InChI=1S/C21H21N3O2/c1-14-6-5-8-17(12-14)23-15(2)21(26)24-22-13-19-18-9-4-3-7-16(18)10-11-20(19)25/h3-13,15,23,25H,1-2H3,(H,24,26)/b22-13+/t15-/m0/s1. The van der Waals surface area contributed by atoms with Crippen molar-refractivity contribution in [2.75, 3.05) is 5.32 Å². The highest BCUT2D eigenvalue weighted by Gasteiger charge is 2.12. The molecular formula is C21H21N3O2. The zero-order valence-corrected chi connectivity index (χ0v) is 14.7. The number of hydrogen-bond acceptors (Lipinski definition) is 4. The van der Waals surface area contributed by atoms with Gasteiger partial charge in [-0.05, 0) is 48.4 Å². The lowest BCUT2D eigenvalue weighted by Crippen LogP contribution is -2.34. The van der Waals surface area contributed by atoms with Crippen molar-refractivity contribution >= 4 is 28.6 Å². The fraction of sp³-hybridized carbons (Fsp3) is 0.143. The summed E-state index contributed by atoms with van der Waals surface area (Å²) in [6, 6.07) is 18.5. The first-order valence-corrected chi connectivity index (χ1v) is 8.41. The molecule has 3 aromatic carbocycles. The Kier molecular flexibility index (Phi) is 5.17. The third-order valence-corrected chi connectivity index (χ3v) is 4.11. The minimum absolute atomic E-state index is 0.118. The molecule has 1 atom stereocenters. The number of benzene rings is 3. The minimum atomic E-state index is -0.449. The summed E-state index contributed by atoms with van der Waals surface area (Å²) in [5, 5.41) is 19.1. The molecule has 0 spiro atoms. The highest BCUT2D eigenvalue weighted by Crippen LogP contribution is 2.25. The molecule has 0 bridgehead atoms. The Morgan fingerprint density at radius 3 is 2.73 bits per heavy atom. The maximum Gasteiger partial charge on any atom is 0.262 e. The zero-order chi connectivity index (χ0) is 18.5. The van der Waals surface area contributed by atoms with Crippen molar-refractivity contribution in [3.63, 3.8) is 0 Å². The van der Waals surface area contributed by atoms with Gasteiger partial charge in [0, 0.05) is 11.3 Å².